The van der Waals surface area contributed by atoms with Gasteiger partial charge in [0.05, 0.1) is 6.10 Å². The van der Waals surface area contributed by atoms with Crippen LogP contribution in [0.3, 0.4) is 0 Å². The maximum atomic E-state index is 13.2. The van der Waals surface area contributed by atoms with E-state index in [2.05, 4.69) is 6.92 Å². The number of aliphatic hydroxyl groups excluding tert-OH is 1. The predicted molar refractivity (Wildman–Crippen MR) is 114 cm³/mol. The molecule has 7 atom stereocenters. The molecule has 1 N–H and O–H groups in total. The third-order valence-electron chi connectivity index (χ3n) is 9.11. The Hall–Kier alpha value is -1.40. The van der Waals surface area contributed by atoms with E-state index in [9.17, 15) is 19.5 Å². The molecule has 4 aliphatic rings. The molecule has 0 aromatic heterocycles. The Labute approximate surface area is 188 Å². The summed E-state index contributed by atoms with van der Waals surface area (Å²) in [6.07, 6.45) is 5.72. The Morgan fingerprint density at radius 2 is 1.97 bits per heavy atom. The van der Waals surface area contributed by atoms with Crippen molar-refractivity contribution in [3.63, 3.8) is 0 Å². The Bertz CT molecular complexity index is 823. The van der Waals surface area contributed by atoms with Gasteiger partial charge in [0, 0.05) is 18.3 Å². The lowest BCUT2D eigenvalue weighted by atomic mass is 9.45. The highest BCUT2D eigenvalue weighted by atomic mass is 35.5. The highest BCUT2D eigenvalue weighted by Gasteiger charge is 2.71. The van der Waals surface area contributed by atoms with Gasteiger partial charge in [-0.25, -0.2) is 4.79 Å². The fraction of sp³-hybridized carbons (Fsp3) is 0.792. The maximum Gasteiger partial charge on any atom is 0.352 e. The number of aliphatic hydroxyl groups is 1. The zero-order valence-corrected chi connectivity index (χ0v) is 19.4. The van der Waals surface area contributed by atoms with E-state index >= 15 is 0 Å². The van der Waals surface area contributed by atoms with Crippen molar-refractivity contribution >= 4 is 29.3 Å². The van der Waals surface area contributed by atoms with Gasteiger partial charge in [-0.1, -0.05) is 37.9 Å². The monoisotopic (exact) mass is 452 g/mol. The molecule has 4 aliphatic carbocycles. The van der Waals surface area contributed by atoms with Crippen LogP contribution in [0.4, 0.5) is 0 Å². The first-order chi connectivity index (χ1) is 14.6. The minimum atomic E-state index is -1.43. The molecule has 0 heterocycles. The molecule has 0 radical (unpaired) electrons. The molecule has 0 aliphatic heterocycles. The van der Waals surface area contributed by atoms with Gasteiger partial charge in [0.1, 0.15) is 0 Å². The standard InChI is InChI=1S/C24H33ClO6/c1-4-19(28)31-24(21(29)30-13-25)10-8-17-16-6-5-14-11-15(26)7-9-22(14,2)20(16)18(27)12-23(17,24)3/h11,16-18,20,27H,4-10,12-13H2,1-3H3/t16-,17-,18-,20+,22-,23-,24-/m0/s1. The molecular formula is C24H33ClO6. The number of allylic oxidation sites excluding steroid dienone is 1. The van der Waals surface area contributed by atoms with Gasteiger partial charge in [0.2, 0.25) is 5.60 Å². The molecule has 0 amide bonds. The van der Waals surface area contributed by atoms with E-state index in [4.69, 9.17) is 21.1 Å². The average molecular weight is 453 g/mol. The summed E-state index contributed by atoms with van der Waals surface area (Å²) in [5.41, 5.74) is -1.20. The summed E-state index contributed by atoms with van der Waals surface area (Å²) < 4.78 is 11.1. The van der Waals surface area contributed by atoms with Gasteiger partial charge in [-0.05, 0) is 67.8 Å². The van der Waals surface area contributed by atoms with E-state index in [0.717, 1.165) is 31.3 Å². The number of esters is 2. The molecule has 3 saturated carbocycles. The minimum absolute atomic E-state index is 0.0281. The van der Waals surface area contributed by atoms with Crippen molar-refractivity contribution in [1.29, 1.82) is 0 Å². The second-order valence-corrected chi connectivity index (χ2v) is 10.5. The number of rotatable bonds is 4. The van der Waals surface area contributed by atoms with Crippen LogP contribution in [-0.2, 0) is 23.9 Å². The normalized spacial score (nSPS) is 43.9. The van der Waals surface area contributed by atoms with Crippen molar-refractivity contribution < 1.29 is 29.0 Å². The van der Waals surface area contributed by atoms with Gasteiger partial charge in [0.25, 0.3) is 0 Å². The molecule has 7 heteroatoms. The minimum Gasteiger partial charge on any atom is -0.446 e. The first kappa shape index (κ1) is 22.8. The molecule has 0 aromatic carbocycles. The number of halogens is 1. The molecule has 4 rings (SSSR count). The van der Waals surface area contributed by atoms with E-state index in [1.165, 1.54) is 0 Å². The van der Waals surface area contributed by atoms with Crippen molar-refractivity contribution in [3.05, 3.63) is 11.6 Å². The number of hydrogen-bond donors (Lipinski definition) is 1. The number of alkyl halides is 1. The van der Waals surface area contributed by atoms with Crippen LogP contribution in [0, 0.1) is 28.6 Å². The molecule has 0 spiro atoms. The fourth-order valence-electron chi connectivity index (χ4n) is 7.65. The van der Waals surface area contributed by atoms with Crippen molar-refractivity contribution in [2.24, 2.45) is 28.6 Å². The van der Waals surface area contributed by atoms with Gasteiger partial charge in [0.15, 0.2) is 11.8 Å². The van der Waals surface area contributed by atoms with Crippen LogP contribution in [0.5, 0.6) is 0 Å². The van der Waals surface area contributed by atoms with E-state index in [1.54, 1.807) is 13.0 Å². The summed E-state index contributed by atoms with van der Waals surface area (Å²) >= 11 is 5.71. The topological polar surface area (TPSA) is 89.9 Å². The van der Waals surface area contributed by atoms with Gasteiger partial charge >= 0.3 is 11.9 Å². The third kappa shape index (κ3) is 3.19. The van der Waals surface area contributed by atoms with Crippen LogP contribution >= 0.6 is 11.6 Å². The Morgan fingerprint density at radius 3 is 2.65 bits per heavy atom. The second-order valence-electron chi connectivity index (χ2n) is 10.3. The molecule has 0 bridgehead atoms. The summed E-state index contributed by atoms with van der Waals surface area (Å²) in [4.78, 5) is 37.6. The van der Waals surface area contributed by atoms with Crippen molar-refractivity contribution in [3.8, 4) is 0 Å². The van der Waals surface area contributed by atoms with Crippen LogP contribution < -0.4 is 0 Å². The first-order valence-electron chi connectivity index (χ1n) is 11.5. The molecule has 172 valence electrons. The van der Waals surface area contributed by atoms with Crippen LogP contribution in [0.1, 0.15) is 72.1 Å². The Kier molecular flexibility index (Phi) is 5.79. The van der Waals surface area contributed by atoms with Crippen LogP contribution in [0.25, 0.3) is 0 Å². The Balaban J connectivity index is 1.74. The SMILES string of the molecule is CCC(=O)O[C@]1(C(=O)OCCl)CC[C@H]2[C@@H]3CCC4=CC(=O)CC[C@]4(C)[C@H]3[C@@H](O)C[C@@]21C. The van der Waals surface area contributed by atoms with E-state index < -0.39 is 29.1 Å². The number of hydrogen-bond acceptors (Lipinski definition) is 6. The number of ether oxygens (including phenoxy) is 2. The van der Waals surface area contributed by atoms with Gasteiger partial charge in [-0.15, -0.1) is 0 Å². The second kappa shape index (κ2) is 7.87. The van der Waals surface area contributed by atoms with E-state index in [0.29, 0.717) is 19.3 Å². The third-order valence-corrected chi connectivity index (χ3v) is 9.22. The van der Waals surface area contributed by atoms with Crippen LogP contribution in [0.15, 0.2) is 11.6 Å². The molecule has 31 heavy (non-hydrogen) atoms. The first-order valence-corrected chi connectivity index (χ1v) is 12.0. The summed E-state index contributed by atoms with van der Waals surface area (Å²) in [6, 6.07) is -0.306. The van der Waals surface area contributed by atoms with Gasteiger partial charge in [-0.3, -0.25) is 9.59 Å². The molecular weight excluding hydrogens is 420 g/mol. The lowest BCUT2D eigenvalue weighted by molar-refractivity contribution is -0.213. The quantitative estimate of drug-likeness (QED) is 0.513. The average Bonchev–Trinajstić information content (AvgIpc) is 3.01. The van der Waals surface area contributed by atoms with Gasteiger partial charge < -0.3 is 14.6 Å². The van der Waals surface area contributed by atoms with Gasteiger partial charge in [-0.2, -0.15) is 0 Å². The van der Waals surface area contributed by atoms with Crippen LogP contribution in [-0.4, -0.2) is 40.6 Å². The summed E-state index contributed by atoms with van der Waals surface area (Å²) in [6.45, 7) is 5.86. The number of carbonyl (C=O) groups excluding carboxylic acids is 3. The van der Waals surface area contributed by atoms with Crippen molar-refractivity contribution in [1.82, 2.24) is 0 Å². The molecule has 0 saturated heterocycles. The van der Waals surface area contributed by atoms with Crippen LogP contribution in [0.2, 0.25) is 0 Å². The predicted octanol–water partition coefficient (Wildman–Crippen LogP) is 3.92. The zero-order chi connectivity index (χ0) is 22.6. The van der Waals surface area contributed by atoms with Crippen molar-refractivity contribution in [2.75, 3.05) is 6.07 Å². The van der Waals surface area contributed by atoms with E-state index in [-0.39, 0.29) is 41.4 Å². The fourth-order valence-corrected chi connectivity index (χ4v) is 7.75. The number of ketones is 1. The molecule has 0 unspecified atom stereocenters. The number of fused-ring (bicyclic) bond motifs is 5. The maximum absolute atomic E-state index is 13.2. The number of carbonyl (C=O) groups is 3. The highest BCUT2D eigenvalue weighted by molar-refractivity contribution is 6.17. The summed E-state index contributed by atoms with van der Waals surface area (Å²) in [7, 11) is 0. The smallest absolute Gasteiger partial charge is 0.352 e. The largest absolute Gasteiger partial charge is 0.446 e. The summed E-state index contributed by atoms with van der Waals surface area (Å²) in [5.74, 6) is -0.543. The van der Waals surface area contributed by atoms with Crippen molar-refractivity contribution in [2.45, 2.75) is 83.8 Å². The lowest BCUT2D eigenvalue weighted by Crippen LogP contribution is -2.63. The summed E-state index contributed by atoms with van der Waals surface area (Å²) in [5, 5.41) is 11.5. The molecule has 0 aromatic rings. The molecule has 6 nitrogen and oxygen atoms in total. The lowest BCUT2D eigenvalue weighted by Gasteiger charge is -2.60. The Morgan fingerprint density at radius 1 is 1.23 bits per heavy atom. The highest BCUT2D eigenvalue weighted by Crippen LogP contribution is 2.68. The molecule has 3 fully saturated rings. The zero-order valence-electron chi connectivity index (χ0n) is 18.6. The van der Waals surface area contributed by atoms with E-state index in [1.807, 2.05) is 6.92 Å².